The van der Waals surface area contributed by atoms with Gasteiger partial charge in [0.2, 0.25) is 0 Å². The lowest BCUT2D eigenvalue weighted by molar-refractivity contribution is -0.225. The SMILES string of the molecule is CC(=O)OC[C@H]1OC(C)(C)[C@@H](COC(C)=O)[C@H](OC(C)=O)[C@H]1N=[N+]=[N-]. The summed E-state index contributed by atoms with van der Waals surface area (Å²) in [5, 5.41) is 3.67. The molecule has 25 heavy (non-hydrogen) atoms. The second-order valence-corrected chi connectivity index (χ2v) is 6.24. The highest BCUT2D eigenvalue weighted by atomic mass is 16.6. The molecule has 0 radical (unpaired) electrons. The van der Waals surface area contributed by atoms with E-state index < -0.39 is 47.7 Å². The molecule has 1 rings (SSSR count). The number of carbonyl (C=O) groups is 3. The summed E-state index contributed by atoms with van der Waals surface area (Å²) in [5.74, 6) is -2.18. The van der Waals surface area contributed by atoms with Crippen molar-refractivity contribution in [3.8, 4) is 0 Å². The van der Waals surface area contributed by atoms with Crippen molar-refractivity contribution >= 4 is 17.9 Å². The number of esters is 3. The summed E-state index contributed by atoms with van der Waals surface area (Å²) in [4.78, 5) is 36.6. The second-order valence-electron chi connectivity index (χ2n) is 6.24. The fraction of sp³-hybridized carbons (Fsp3) is 0.800. The maximum Gasteiger partial charge on any atom is 0.302 e. The van der Waals surface area contributed by atoms with Crippen LogP contribution < -0.4 is 0 Å². The lowest BCUT2D eigenvalue weighted by Gasteiger charge is -2.48. The highest BCUT2D eigenvalue weighted by molar-refractivity contribution is 5.67. The summed E-state index contributed by atoms with van der Waals surface area (Å²) in [6.45, 7) is 6.92. The van der Waals surface area contributed by atoms with Crippen molar-refractivity contribution < 1.29 is 33.3 Å². The Morgan fingerprint density at radius 2 is 1.64 bits per heavy atom. The minimum atomic E-state index is -0.943. The normalized spacial score (nSPS) is 27.6. The summed E-state index contributed by atoms with van der Waals surface area (Å²) in [6, 6.07) is -0.943. The lowest BCUT2D eigenvalue weighted by Crippen LogP contribution is -2.61. The maximum atomic E-state index is 11.5. The van der Waals surface area contributed by atoms with Crippen molar-refractivity contribution in [3.05, 3.63) is 10.4 Å². The zero-order chi connectivity index (χ0) is 19.2. The van der Waals surface area contributed by atoms with E-state index in [0.29, 0.717) is 0 Å². The largest absolute Gasteiger partial charge is 0.465 e. The Kier molecular flexibility index (Phi) is 7.20. The number of carbonyl (C=O) groups excluding carboxylic acids is 3. The predicted molar refractivity (Wildman–Crippen MR) is 84.2 cm³/mol. The zero-order valence-corrected chi connectivity index (χ0v) is 14.9. The van der Waals surface area contributed by atoms with E-state index in [1.54, 1.807) is 13.8 Å². The molecule has 0 aliphatic carbocycles. The third-order valence-electron chi connectivity index (χ3n) is 3.87. The van der Waals surface area contributed by atoms with Gasteiger partial charge in [-0.2, -0.15) is 0 Å². The van der Waals surface area contributed by atoms with E-state index in [1.165, 1.54) is 20.8 Å². The molecule has 1 heterocycles. The Hall–Kier alpha value is -2.32. The van der Waals surface area contributed by atoms with Crippen molar-refractivity contribution in [2.45, 2.75) is 58.5 Å². The van der Waals surface area contributed by atoms with Crippen LogP contribution in [0.15, 0.2) is 5.11 Å². The van der Waals surface area contributed by atoms with Gasteiger partial charge >= 0.3 is 17.9 Å². The van der Waals surface area contributed by atoms with Gasteiger partial charge in [0.25, 0.3) is 0 Å². The van der Waals surface area contributed by atoms with Crippen LogP contribution in [0.3, 0.4) is 0 Å². The van der Waals surface area contributed by atoms with Gasteiger partial charge in [0.15, 0.2) is 0 Å². The fourth-order valence-electron chi connectivity index (χ4n) is 2.77. The van der Waals surface area contributed by atoms with Crippen LogP contribution in [0.5, 0.6) is 0 Å². The van der Waals surface area contributed by atoms with Gasteiger partial charge < -0.3 is 18.9 Å². The molecule has 10 nitrogen and oxygen atoms in total. The second kappa shape index (κ2) is 8.68. The molecule has 0 bridgehead atoms. The summed E-state index contributed by atoms with van der Waals surface area (Å²) < 4.78 is 21.3. The van der Waals surface area contributed by atoms with Crippen LogP contribution in [-0.4, -0.2) is 55.0 Å². The quantitative estimate of drug-likeness (QED) is 0.231. The molecule has 0 aromatic heterocycles. The Balaban J connectivity index is 3.19. The molecule has 0 N–H and O–H groups in total. The van der Waals surface area contributed by atoms with E-state index in [1.807, 2.05) is 0 Å². The summed E-state index contributed by atoms with van der Waals surface area (Å²) in [7, 11) is 0. The summed E-state index contributed by atoms with van der Waals surface area (Å²) in [5.41, 5.74) is 7.97. The first-order chi connectivity index (χ1) is 11.6. The first-order valence-electron chi connectivity index (χ1n) is 7.74. The third kappa shape index (κ3) is 5.91. The van der Waals surface area contributed by atoms with Crippen molar-refractivity contribution in [1.29, 1.82) is 0 Å². The van der Waals surface area contributed by atoms with E-state index in [-0.39, 0.29) is 13.2 Å². The smallest absolute Gasteiger partial charge is 0.302 e. The van der Waals surface area contributed by atoms with Crippen LogP contribution in [-0.2, 0) is 33.3 Å². The molecule has 1 saturated heterocycles. The molecular weight excluding hydrogens is 334 g/mol. The average Bonchev–Trinajstić information content (AvgIpc) is 2.46. The molecule has 1 aliphatic rings. The van der Waals surface area contributed by atoms with E-state index >= 15 is 0 Å². The van der Waals surface area contributed by atoms with Gasteiger partial charge in [0, 0.05) is 25.7 Å². The molecule has 0 spiro atoms. The molecule has 1 fully saturated rings. The molecule has 0 unspecified atom stereocenters. The van der Waals surface area contributed by atoms with Gasteiger partial charge in [-0.25, -0.2) is 0 Å². The molecule has 140 valence electrons. The number of hydrogen-bond donors (Lipinski definition) is 0. The highest BCUT2D eigenvalue weighted by Crippen LogP contribution is 2.38. The molecular formula is C15H23N3O7. The van der Waals surface area contributed by atoms with Crippen LogP contribution in [0.25, 0.3) is 10.4 Å². The molecule has 0 aromatic carbocycles. The predicted octanol–water partition coefficient (Wildman–Crippen LogP) is 1.52. The molecule has 10 heteroatoms. The van der Waals surface area contributed by atoms with Crippen molar-refractivity contribution in [3.63, 3.8) is 0 Å². The fourth-order valence-corrected chi connectivity index (χ4v) is 2.77. The number of rotatable bonds is 6. The Morgan fingerprint density at radius 1 is 1.08 bits per heavy atom. The van der Waals surface area contributed by atoms with Crippen molar-refractivity contribution in [2.75, 3.05) is 13.2 Å². The number of azide groups is 1. The molecule has 1 aliphatic heterocycles. The molecule has 4 atom stereocenters. The molecule has 0 amide bonds. The first-order valence-corrected chi connectivity index (χ1v) is 7.74. The number of nitrogens with zero attached hydrogens (tertiary/aromatic N) is 3. The third-order valence-corrected chi connectivity index (χ3v) is 3.87. The van der Waals surface area contributed by atoms with Crippen molar-refractivity contribution in [1.82, 2.24) is 0 Å². The van der Waals surface area contributed by atoms with Gasteiger partial charge in [-0.05, 0) is 19.4 Å². The molecule has 0 aromatic rings. The van der Waals surface area contributed by atoms with E-state index in [2.05, 4.69) is 10.0 Å². The van der Waals surface area contributed by atoms with E-state index in [9.17, 15) is 14.4 Å². The zero-order valence-electron chi connectivity index (χ0n) is 14.9. The van der Waals surface area contributed by atoms with Crippen LogP contribution in [0.4, 0.5) is 0 Å². The Labute approximate surface area is 145 Å². The lowest BCUT2D eigenvalue weighted by atomic mass is 9.78. The minimum Gasteiger partial charge on any atom is -0.465 e. The van der Waals surface area contributed by atoms with Gasteiger partial charge in [-0.1, -0.05) is 5.11 Å². The standard InChI is InChI=1S/C15H23N3O7/c1-8(19)22-6-11-14(24-10(3)21)13(17-18-16)12(7-23-9(2)20)25-15(11,4)5/h11-14H,6-7H2,1-5H3/t11-,12+,13-,14-/m0/s1. The summed E-state index contributed by atoms with van der Waals surface area (Å²) in [6.07, 6.45) is -1.72. The van der Waals surface area contributed by atoms with Crippen LogP contribution in [0.1, 0.15) is 34.6 Å². The first kappa shape index (κ1) is 20.7. The Morgan fingerprint density at radius 3 is 2.12 bits per heavy atom. The van der Waals surface area contributed by atoms with Gasteiger partial charge in [-0.15, -0.1) is 0 Å². The van der Waals surface area contributed by atoms with Gasteiger partial charge in [0.1, 0.15) is 31.5 Å². The number of hydrogen-bond acceptors (Lipinski definition) is 8. The highest BCUT2D eigenvalue weighted by Gasteiger charge is 2.52. The van der Waals surface area contributed by atoms with Crippen LogP contribution in [0, 0.1) is 5.92 Å². The minimum absolute atomic E-state index is 0.0853. The van der Waals surface area contributed by atoms with Crippen LogP contribution in [0.2, 0.25) is 0 Å². The van der Waals surface area contributed by atoms with Crippen LogP contribution >= 0.6 is 0 Å². The van der Waals surface area contributed by atoms with Gasteiger partial charge in [-0.3, -0.25) is 14.4 Å². The monoisotopic (exact) mass is 357 g/mol. The number of ether oxygens (including phenoxy) is 4. The maximum absolute atomic E-state index is 11.5. The Bertz CT molecular complexity index is 571. The van der Waals surface area contributed by atoms with Crippen molar-refractivity contribution in [2.24, 2.45) is 11.0 Å². The summed E-state index contributed by atoms with van der Waals surface area (Å²) >= 11 is 0. The van der Waals surface area contributed by atoms with E-state index in [0.717, 1.165) is 0 Å². The average molecular weight is 357 g/mol. The van der Waals surface area contributed by atoms with E-state index in [4.69, 9.17) is 24.5 Å². The molecule has 0 saturated carbocycles. The topological polar surface area (TPSA) is 137 Å². The van der Waals surface area contributed by atoms with Gasteiger partial charge in [0.05, 0.1) is 11.5 Å².